The van der Waals surface area contributed by atoms with E-state index in [2.05, 4.69) is 22.1 Å². The van der Waals surface area contributed by atoms with E-state index < -0.39 is 10.0 Å². The summed E-state index contributed by atoms with van der Waals surface area (Å²) in [4.78, 5) is 17.3. The van der Waals surface area contributed by atoms with E-state index in [-0.39, 0.29) is 35.2 Å². The Labute approximate surface area is 226 Å². The first-order valence-corrected chi connectivity index (χ1v) is 14.6. The second-order valence-electron chi connectivity index (χ2n) is 10.2. The molecule has 0 amide bonds. The number of rotatable bonds is 7. The summed E-state index contributed by atoms with van der Waals surface area (Å²) in [5, 5.41) is 8.87. The van der Waals surface area contributed by atoms with Gasteiger partial charge in [0.1, 0.15) is 11.9 Å². The number of ether oxygens (including phenoxy) is 1. The Morgan fingerprint density at radius 2 is 1.79 bits per heavy atom. The molecule has 0 radical (unpaired) electrons. The molecule has 3 aromatic heterocycles. The van der Waals surface area contributed by atoms with Crippen LogP contribution in [0.1, 0.15) is 49.1 Å². The van der Waals surface area contributed by atoms with E-state index in [4.69, 9.17) is 4.74 Å². The molecule has 0 bridgehead atoms. The van der Waals surface area contributed by atoms with Gasteiger partial charge in [-0.25, -0.2) is 17.4 Å². The van der Waals surface area contributed by atoms with Crippen molar-refractivity contribution in [3.63, 3.8) is 0 Å². The molecule has 6 rings (SSSR count). The van der Waals surface area contributed by atoms with Gasteiger partial charge in [-0.15, -0.1) is 10.2 Å². The Morgan fingerprint density at radius 3 is 2.54 bits per heavy atom. The minimum atomic E-state index is -3.84. The van der Waals surface area contributed by atoms with Gasteiger partial charge in [0.2, 0.25) is 0 Å². The van der Waals surface area contributed by atoms with Crippen LogP contribution < -0.4 is 0 Å². The van der Waals surface area contributed by atoms with E-state index in [0.29, 0.717) is 23.2 Å². The Bertz CT molecular complexity index is 1760. The van der Waals surface area contributed by atoms with E-state index in [0.717, 1.165) is 29.8 Å². The monoisotopic (exact) mass is 543 g/mol. The molecule has 39 heavy (non-hydrogen) atoms. The standard InChI is InChI=1S/C29H29N5O4S/c1-3-21-16-22(38-27(35)15-20-7-5-4-6-8-20)17-24(21)28-32-31-26-18-30-29-25(34(26)28)13-14-33(29)39(36,37)23-11-9-19(2)10-12-23/h4-14,18,21-22,24H,3,15-17H2,1-2H3/t21-,22+,24+/m1/s1. The van der Waals surface area contributed by atoms with Crippen molar-refractivity contribution in [2.24, 2.45) is 5.92 Å². The molecule has 10 heteroatoms. The Balaban J connectivity index is 1.32. The zero-order valence-corrected chi connectivity index (χ0v) is 22.6. The highest BCUT2D eigenvalue weighted by Gasteiger charge is 2.39. The van der Waals surface area contributed by atoms with Crippen molar-refractivity contribution in [2.45, 2.75) is 56.4 Å². The SMILES string of the molecule is CC[C@@H]1C[C@H](OC(=O)Cc2ccccc2)C[C@@H]1c1nnc2cnc3c(ccn3S(=O)(=O)c3ccc(C)cc3)n12. The number of hydrogen-bond acceptors (Lipinski definition) is 7. The molecule has 0 saturated heterocycles. The summed E-state index contributed by atoms with van der Waals surface area (Å²) in [6, 6.07) is 18.1. The van der Waals surface area contributed by atoms with Gasteiger partial charge in [0.05, 0.1) is 23.0 Å². The van der Waals surface area contributed by atoms with Crippen LogP contribution in [0.15, 0.2) is 78.0 Å². The van der Waals surface area contributed by atoms with Crippen molar-refractivity contribution in [1.29, 1.82) is 0 Å². The molecule has 9 nitrogen and oxygen atoms in total. The average Bonchev–Trinajstić information content (AvgIpc) is 3.65. The highest BCUT2D eigenvalue weighted by Crippen LogP contribution is 2.43. The molecule has 0 N–H and O–H groups in total. The van der Waals surface area contributed by atoms with E-state index in [9.17, 15) is 13.2 Å². The molecule has 2 aromatic carbocycles. The van der Waals surface area contributed by atoms with Crippen molar-refractivity contribution >= 4 is 32.8 Å². The number of carbonyl (C=O) groups excluding carboxylic acids is 1. The molecule has 1 saturated carbocycles. The number of nitrogens with zero attached hydrogens (tertiary/aromatic N) is 5. The number of carbonyl (C=O) groups is 1. The molecule has 1 aliphatic carbocycles. The van der Waals surface area contributed by atoms with Crippen LogP contribution in [0.4, 0.5) is 0 Å². The molecule has 3 atom stereocenters. The van der Waals surface area contributed by atoms with Crippen LogP contribution in [0.2, 0.25) is 0 Å². The van der Waals surface area contributed by atoms with Crippen LogP contribution in [0.5, 0.6) is 0 Å². The Morgan fingerprint density at radius 1 is 1.03 bits per heavy atom. The Kier molecular flexibility index (Phi) is 6.42. The maximum Gasteiger partial charge on any atom is 0.310 e. The van der Waals surface area contributed by atoms with Crippen molar-refractivity contribution in [1.82, 2.24) is 23.6 Å². The normalized spacial score (nSPS) is 19.6. The van der Waals surface area contributed by atoms with Gasteiger partial charge >= 0.3 is 5.97 Å². The smallest absolute Gasteiger partial charge is 0.310 e. The minimum absolute atomic E-state index is 0.00202. The number of esters is 1. The third-order valence-electron chi connectivity index (χ3n) is 7.64. The largest absolute Gasteiger partial charge is 0.462 e. The lowest BCUT2D eigenvalue weighted by molar-refractivity contribution is -0.148. The topological polar surface area (TPSA) is 108 Å². The second-order valence-corrected chi connectivity index (χ2v) is 12.0. The summed E-state index contributed by atoms with van der Waals surface area (Å²) in [5.41, 5.74) is 3.37. The van der Waals surface area contributed by atoms with Crippen molar-refractivity contribution < 1.29 is 17.9 Å². The van der Waals surface area contributed by atoms with Gasteiger partial charge in [-0.3, -0.25) is 9.20 Å². The van der Waals surface area contributed by atoms with Gasteiger partial charge in [-0.05, 0) is 49.4 Å². The summed E-state index contributed by atoms with van der Waals surface area (Å²) in [5.74, 6) is 0.741. The maximum atomic E-state index is 13.4. The van der Waals surface area contributed by atoms with Crippen LogP contribution in [-0.4, -0.2) is 44.0 Å². The lowest BCUT2D eigenvalue weighted by Gasteiger charge is -2.16. The highest BCUT2D eigenvalue weighted by molar-refractivity contribution is 7.90. The fourth-order valence-electron chi connectivity index (χ4n) is 5.64. The molecule has 200 valence electrons. The predicted molar refractivity (Wildman–Crippen MR) is 146 cm³/mol. The van der Waals surface area contributed by atoms with Gasteiger partial charge < -0.3 is 4.74 Å². The number of hydrogen-bond donors (Lipinski definition) is 0. The highest BCUT2D eigenvalue weighted by atomic mass is 32.2. The molecule has 3 heterocycles. The quantitative estimate of drug-likeness (QED) is 0.274. The zero-order chi connectivity index (χ0) is 27.1. The van der Waals surface area contributed by atoms with Gasteiger partial charge in [0, 0.05) is 12.1 Å². The number of aromatic nitrogens is 5. The first-order valence-electron chi connectivity index (χ1n) is 13.1. The second kappa shape index (κ2) is 9.92. The van der Waals surface area contributed by atoms with Crippen LogP contribution in [0, 0.1) is 12.8 Å². The molecule has 5 aromatic rings. The fraction of sp³-hybridized carbons (Fsp3) is 0.310. The summed E-state index contributed by atoms with van der Waals surface area (Å²) in [6.07, 6.45) is 5.36. The fourth-order valence-corrected chi connectivity index (χ4v) is 6.93. The Hall–Kier alpha value is -4.05. The number of fused-ring (bicyclic) bond motifs is 3. The first kappa shape index (κ1) is 25.2. The lowest BCUT2D eigenvalue weighted by atomic mass is 9.93. The molecule has 1 fully saturated rings. The summed E-state index contributed by atoms with van der Waals surface area (Å²) >= 11 is 0. The van der Waals surface area contributed by atoms with Gasteiger partial charge in [0.15, 0.2) is 11.3 Å². The van der Waals surface area contributed by atoms with E-state index >= 15 is 0 Å². The first-order chi connectivity index (χ1) is 18.8. The third kappa shape index (κ3) is 4.58. The molecule has 1 aliphatic rings. The maximum absolute atomic E-state index is 13.4. The van der Waals surface area contributed by atoms with E-state index in [1.165, 1.54) is 10.2 Å². The predicted octanol–water partition coefficient (Wildman–Crippen LogP) is 4.68. The van der Waals surface area contributed by atoms with Gasteiger partial charge in [0.25, 0.3) is 10.0 Å². The summed E-state index contributed by atoms with van der Waals surface area (Å²) in [6.45, 7) is 4.03. The van der Waals surface area contributed by atoms with Crippen molar-refractivity contribution in [3.05, 3.63) is 90.0 Å². The third-order valence-corrected chi connectivity index (χ3v) is 9.32. The van der Waals surface area contributed by atoms with E-state index in [1.54, 1.807) is 36.5 Å². The van der Waals surface area contributed by atoms with Gasteiger partial charge in [-0.2, -0.15) is 0 Å². The van der Waals surface area contributed by atoms with Crippen LogP contribution in [0.25, 0.3) is 16.8 Å². The number of aryl methyl sites for hydroxylation is 1. The zero-order valence-electron chi connectivity index (χ0n) is 21.8. The van der Waals surface area contributed by atoms with Crippen molar-refractivity contribution in [3.8, 4) is 0 Å². The molecular weight excluding hydrogens is 514 g/mol. The van der Waals surface area contributed by atoms with Crippen molar-refractivity contribution in [2.75, 3.05) is 0 Å². The summed E-state index contributed by atoms with van der Waals surface area (Å²) in [7, 11) is -3.84. The number of benzene rings is 2. The molecule has 0 spiro atoms. The van der Waals surface area contributed by atoms with Crippen LogP contribution in [0.3, 0.4) is 0 Å². The molecular formula is C29H29N5O4S. The van der Waals surface area contributed by atoms with Crippen LogP contribution >= 0.6 is 0 Å². The van der Waals surface area contributed by atoms with E-state index in [1.807, 2.05) is 41.7 Å². The summed E-state index contributed by atoms with van der Waals surface area (Å²) < 4.78 is 35.9. The van der Waals surface area contributed by atoms with Crippen LogP contribution in [-0.2, 0) is 26.0 Å². The van der Waals surface area contributed by atoms with Gasteiger partial charge in [-0.1, -0.05) is 61.4 Å². The molecule has 0 aliphatic heterocycles. The lowest BCUT2D eigenvalue weighted by Crippen LogP contribution is -2.17. The molecule has 0 unspecified atom stereocenters. The average molecular weight is 544 g/mol. The minimum Gasteiger partial charge on any atom is -0.462 e.